The third-order valence-electron chi connectivity index (χ3n) is 4.69. The van der Waals surface area contributed by atoms with Gasteiger partial charge < -0.3 is 14.5 Å². The molecule has 1 aliphatic rings. The van der Waals surface area contributed by atoms with E-state index in [2.05, 4.69) is 15.0 Å². The van der Waals surface area contributed by atoms with Gasteiger partial charge in [-0.25, -0.2) is 0 Å². The van der Waals surface area contributed by atoms with E-state index in [1.807, 2.05) is 19.1 Å². The maximum absolute atomic E-state index is 12.5. The number of likely N-dealkylation sites (tertiary alicyclic amines) is 1. The molecule has 1 N–H and O–H groups in total. The number of rotatable bonds is 8. The Bertz CT molecular complexity index is 813. The van der Waals surface area contributed by atoms with Crippen molar-refractivity contribution in [3.8, 4) is 5.75 Å². The molecule has 0 saturated carbocycles. The highest BCUT2D eigenvalue weighted by molar-refractivity contribution is 5.92. The smallest absolute Gasteiger partial charge is 0.387 e. The molecular formula is C21H24F2N2O3. The Morgan fingerprint density at radius 1 is 1.25 bits per heavy atom. The number of amides is 1. The highest BCUT2D eigenvalue weighted by Crippen LogP contribution is 2.26. The zero-order chi connectivity index (χ0) is 19.9. The number of carbonyl (C=O) groups is 1. The summed E-state index contributed by atoms with van der Waals surface area (Å²) >= 11 is 0. The maximum atomic E-state index is 12.5. The molecule has 1 saturated heterocycles. The number of halogens is 2. The number of alkyl halides is 2. The van der Waals surface area contributed by atoms with Crippen molar-refractivity contribution in [3.63, 3.8) is 0 Å². The van der Waals surface area contributed by atoms with Gasteiger partial charge in [-0.05, 0) is 57.1 Å². The molecule has 1 aromatic carbocycles. The van der Waals surface area contributed by atoms with Gasteiger partial charge in [-0.15, -0.1) is 0 Å². The van der Waals surface area contributed by atoms with Crippen LogP contribution in [0.1, 0.15) is 36.0 Å². The van der Waals surface area contributed by atoms with Gasteiger partial charge in [0.15, 0.2) is 0 Å². The monoisotopic (exact) mass is 390 g/mol. The number of ether oxygens (including phenoxy) is 1. The largest absolute Gasteiger partial charge is 0.465 e. The van der Waals surface area contributed by atoms with Gasteiger partial charge in [0.1, 0.15) is 17.3 Å². The summed E-state index contributed by atoms with van der Waals surface area (Å²) in [5.74, 6) is 1.39. The van der Waals surface area contributed by atoms with Crippen LogP contribution in [-0.2, 0) is 4.79 Å². The molecule has 3 rings (SSSR count). The zero-order valence-corrected chi connectivity index (χ0v) is 15.7. The molecule has 0 bridgehead atoms. The zero-order valence-electron chi connectivity index (χ0n) is 15.7. The van der Waals surface area contributed by atoms with E-state index in [1.165, 1.54) is 18.2 Å². The summed E-state index contributed by atoms with van der Waals surface area (Å²) in [6, 6.07) is 10.2. The van der Waals surface area contributed by atoms with Crippen molar-refractivity contribution in [2.45, 2.75) is 32.4 Å². The summed E-state index contributed by atoms with van der Waals surface area (Å²) in [6.45, 7) is 1.32. The fraction of sp³-hybridized carbons (Fsp3) is 0.381. The summed E-state index contributed by atoms with van der Waals surface area (Å²) < 4.78 is 35.2. The topological polar surface area (TPSA) is 54.7 Å². The highest BCUT2D eigenvalue weighted by Gasteiger charge is 2.26. The first-order chi connectivity index (χ1) is 13.5. The number of aryl methyl sites for hydroxylation is 1. The Kier molecular flexibility index (Phi) is 6.81. The maximum Gasteiger partial charge on any atom is 0.387 e. The van der Waals surface area contributed by atoms with E-state index >= 15 is 0 Å². The van der Waals surface area contributed by atoms with Gasteiger partial charge in [-0.3, -0.25) is 9.69 Å². The quantitative estimate of drug-likeness (QED) is 0.688. The molecule has 1 atom stereocenters. The lowest BCUT2D eigenvalue weighted by atomic mass is 10.1. The first kappa shape index (κ1) is 20.1. The number of nitrogens with zero attached hydrogens (tertiary/aromatic N) is 1. The summed E-state index contributed by atoms with van der Waals surface area (Å²) in [5, 5.41) is 2.88. The molecule has 28 heavy (non-hydrogen) atoms. The normalized spacial score (nSPS) is 16.0. The number of hydrogen-bond acceptors (Lipinski definition) is 4. The van der Waals surface area contributed by atoms with E-state index in [1.54, 1.807) is 18.2 Å². The molecule has 0 spiro atoms. The number of nitrogens with one attached hydrogen (secondary N) is 1. The van der Waals surface area contributed by atoms with E-state index in [9.17, 15) is 13.6 Å². The fourth-order valence-electron chi connectivity index (χ4n) is 3.34. The third kappa shape index (κ3) is 5.42. The van der Waals surface area contributed by atoms with Crippen molar-refractivity contribution in [1.29, 1.82) is 0 Å². The number of carbonyl (C=O) groups excluding carboxylic acids is 1. The van der Waals surface area contributed by atoms with Gasteiger partial charge >= 0.3 is 6.61 Å². The molecular weight excluding hydrogens is 366 g/mol. The highest BCUT2D eigenvalue weighted by atomic mass is 19.3. The number of hydrogen-bond donors (Lipinski definition) is 1. The molecule has 1 amide bonds. The molecule has 0 aliphatic carbocycles. The number of para-hydroxylation sites is 1. The van der Waals surface area contributed by atoms with Crippen LogP contribution < -0.4 is 10.1 Å². The van der Waals surface area contributed by atoms with Crippen molar-refractivity contribution in [2.75, 3.05) is 19.6 Å². The van der Waals surface area contributed by atoms with E-state index in [0.717, 1.165) is 37.5 Å². The van der Waals surface area contributed by atoms with E-state index in [4.69, 9.17) is 4.42 Å². The van der Waals surface area contributed by atoms with Gasteiger partial charge in [0.2, 0.25) is 5.91 Å². The van der Waals surface area contributed by atoms with Crippen LogP contribution >= 0.6 is 0 Å². The molecule has 1 aliphatic heterocycles. The van der Waals surface area contributed by atoms with Crippen LogP contribution in [0.3, 0.4) is 0 Å². The molecule has 1 unspecified atom stereocenters. The average Bonchev–Trinajstić information content (AvgIpc) is 3.33. The third-order valence-corrected chi connectivity index (χ3v) is 4.69. The Balaban J connectivity index is 1.63. The Labute approximate surface area is 163 Å². The molecule has 2 aromatic rings. The fourth-order valence-corrected chi connectivity index (χ4v) is 3.34. The van der Waals surface area contributed by atoms with E-state index in [-0.39, 0.29) is 17.7 Å². The van der Waals surface area contributed by atoms with Crippen molar-refractivity contribution in [1.82, 2.24) is 10.2 Å². The lowest BCUT2D eigenvalue weighted by molar-refractivity contribution is -0.116. The lowest BCUT2D eigenvalue weighted by Gasteiger charge is -2.25. The van der Waals surface area contributed by atoms with Crippen LogP contribution in [0.15, 0.2) is 46.9 Å². The Morgan fingerprint density at radius 2 is 2.00 bits per heavy atom. The lowest BCUT2D eigenvalue weighted by Crippen LogP contribution is -2.36. The van der Waals surface area contributed by atoms with Gasteiger partial charge in [0.25, 0.3) is 0 Å². The van der Waals surface area contributed by atoms with Crippen LogP contribution in [0.25, 0.3) is 6.08 Å². The molecule has 150 valence electrons. The van der Waals surface area contributed by atoms with Crippen molar-refractivity contribution in [2.24, 2.45) is 0 Å². The molecule has 0 radical (unpaired) electrons. The van der Waals surface area contributed by atoms with Gasteiger partial charge in [0, 0.05) is 18.2 Å². The van der Waals surface area contributed by atoms with Gasteiger partial charge in [-0.1, -0.05) is 18.2 Å². The molecule has 2 heterocycles. The van der Waals surface area contributed by atoms with Crippen LogP contribution in [-0.4, -0.2) is 37.1 Å². The summed E-state index contributed by atoms with van der Waals surface area (Å²) in [6.07, 6.45) is 5.05. The summed E-state index contributed by atoms with van der Waals surface area (Å²) in [4.78, 5) is 14.6. The van der Waals surface area contributed by atoms with Crippen molar-refractivity contribution < 1.29 is 22.7 Å². The minimum atomic E-state index is -2.92. The van der Waals surface area contributed by atoms with Crippen molar-refractivity contribution >= 4 is 12.0 Å². The predicted molar refractivity (Wildman–Crippen MR) is 102 cm³/mol. The van der Waals surface area contributed by atoms with Crippen LogP contribution in [0.5, 0.6) is 5.75 Å². The summed E-state index contributed by atoms with van der Waals surface area (Å²) in [7, 11) is 0. The predicted octanol–water partition coefficient (Wildman–Crippen LogP) is 4.16. The Hall–Kier alpha value is -2.67. The molecule has 1 aromatic heterocycles. The van der Waals surface area contributed by atoms with Gasteiger partial charge in [-0.2, -0.15) is 8.78 Å². The van der Waals surface area contributed by atoms with Gasteiger partial charge in [0.05, 0.1) is 6.04 Å². The van der Waals surface area contributed by atoms with Crippen LogP contribution in [0, 0.1) is 6.92 Å². The SMILES string of the molecule is Cc1ccc(C(CNC(=O)C=Cc2ccccc2OC(F)F)N2CCCC2)o1. The standard InChI is InChI=1S/C21H24F2N2O3/c1-15-8-10-19(27-15)17(25-12-4-5-13-25)14-24-20(26)11-9-16-6-2-3-7-18(16)28-21(22)23/h2-3,6-11,17,21H,4-5,12-14H2,1H3,(H,24,26). The van der Waals surface area contributed by atoms with Crippen LogP contribution in [0.4, 0.5) is 8.78 Å². The Morgan fingerprint density at radius 3 is 2.68 bits per heavy atom. The average molecular weight is 390 g/mol. The number of benzene rings is 1. The second kappa shape index (κ2) is 9.50. The first-order valence-electron chi connectivity index (χ1n) is 9.33. The minimum Gasteiger partial charge on any atom is -0.465 e. The molecule has 7 heteroatoms. The second-order valence-corrected chi connectivity index (χ2v) is 6.70. The first-order valence-corrected chi connectivity index (χ1v) is 9.33. The van der Waals surface area contributed by atoms with Crippen molar-refractivity contribution in [3.05, 3.63) is 59.6 Å². The van der Waals surface area contributed by atoms with E-state index < -0.39 is 6.61 Å². The number of furan rings is 1. The minimum absolute atomic E-state index is 0.0250. The molecule has 5 nitrogen and oxygen atoms in total. The van der Waals surface area contributed by atoms with E-state index in [0.29, 0.717) is 12.1 Å². The second-order valence-electron chi connectivity index (χ2n) is 6.70. The molecule has 1 fully saturated rings. The van der Waals surface area contributed by atoms with Crippen LogP contribution in [0.2, 0.25) is 0 Å². The summed E-state index contributed by atoms with van der Waals surface area (Å²) in [5.41, 5.74) is 0.413.